The van der Waals surface area contributed by atoms with Crippen LogP contribution in [0.1, 0.15) is 0 Å². The van der Waals surface area contributed by atoms with Crippen LogP contribution in [0, 0.1) is 0 Å². The normalized spacial score (nSPS) is 10.4. The van der Waals surface area contributed by atoms with Gasteiger partial charge in [-0.1, -0.05) is 11.6 Å². The number of aromatic nitrogens is 2. The number of ether oxygens (including phenoxy) is 2. The summed E-state index contributed by atoms with van der Waals surface area (Å²) in [6, 6.07) is 1.41. The molecule has 0 aliphatic carbocycles. The highest BCUT2D eigenvalue weighted by molar-refractivity contribution is 6.35. The minimum Gasteiger partial charge on any atom is -0.507 e. The Morgan fingerprint density at radius 3 is 2.61 bits per heavy atom. The van der Waals surface area contributed by atoms with Gasteiger partial charge in [-0.2, -0.15) is 5.10 Å². The van der Waals surface area contributed by atoms with E-state index in [1.807, 2.05) is 0 Å². The molecule has 0 bridgehead atoms. The number of halogens is 1. The summed E-state index contributed by atoms with van der Waals surface area (Å²) >= 11 is 6.20. The summed E-state index contributed by atoms with van der Waals surface area (Å²) in [7, 11) is 2.92. The zero-order valence-corrected chi connectivity index (χ0v) is 10.6. The van der Waals surface area contributed by atoms with Crippen molar-refractivity contribution in [3.05, 3.63) is 17.3 Å². The fraction of sp³-hybridized carbons (Fsp3) is 0.182. The van der Waals surface area contributed by atoms with Gasteiger partial charge < -0.3 is 20.3 Å². The number of hydrogen-bond donors (Lipinski definition) is 3. The quantitative estimate of drug-likeness (QED) is 0.793. The molecule has 0 spiro atoms. The van der Waals surface area contributed by atoms with Gasteiger partial charge >= 0.3 is 0 Å². The van der Waals surface area contributed by atoms with E-state index >= 15 is 0 Å². The molecule has 0 saturated carbocycles. The smallest absolute Gasteiger partial charge is 0.180 e. The van der Waals surface area contributed by atoms with Gasteiger partial charge in [-0.3, -0.25) is 5.10 Å². The minimum atomic E-state index is -0.0641. The monoisotopic (exact) mass is 269 g/mol. The van der Waals surface area contributed by atoms with Crippen LogP contribution in [0.4, 0.5) is 5.82 Å². The van der Waals surface area contributed by atoms with Crippen molar-refractivity contribution in [1.29, 1.82) is 0 Å². The second-order valence-corrected chi connectivity index (χ2v) is 3.90. The Kier molecular flexibility index (Phi) is 3.20. The first-order valence-electron chi connectivity index (χ1n) is 5.02. The van der Waals surface area contributed by atoms with E-state index in [2.05, 4.69) is 10.2 Å². The van der Waals surface area contributed by atoms with E-state index in [1.54, 1.807) is 0 Å². The Balaban J connectivity index is 2.73. The summed E-state index contributed by atoms with van der Waals surface area (Å²) in [4.78, 5) is 0. The topological polar surface area (TPSA) is 93.4 Å². The van der Waals surface area contributed by atoms with Crippen LogP contribution in [0.2, 0.25) is 5.02 Å². The number of aromatic amines is 1. The number of nitrogens with zero attached hydrogens (tertiary/aromatic N) is 1. The lowest BCUT2D eigenvalue weighted by Crippen LogP contribution is -1.95. The lowest BCUT2D eigenvalue weighted by atomic mass is 10.1. The molecule has 6 nitrogen and oxygen atoms in total. The van der Waals surface area contributed by atoms with Crippen molar-refractivity contribution in [3.63, 3.8) is 0 Å². The third kappa shape index (κ3) is 1.80. The minimum absolute atomic E-state index is 0.0641. The highest BCUT2D eigenvalue weighted by Gasteiger charge is 2.21. The van der Waals surface area contributed by atoms with E-state index in [0.29, 0.717) is 28.4 Å². The van der Waals surface area contributed by atoms with Gasteiger partial charge in [0.25, 0.3) is 0 Å². The second-order valence-electron chi connectivity index (χ2n) is 3.52. The van der Waals surface area contributed by atoms with Gasteiger partial charge in [0.2, 0.25) is 0 Å². The fourth-order valence-electron chi connectivity index (χ4n) is 1.69. The van der Waals surface area contributed by atoms with Gasteiger partial charge in [0, 0.05) is 11.6 Å². The summed E-state index contributed by atoms with van der Waals surface area (Å²) in [6.07, 6.45) is 1.47. The zero-order chi connectivity index (χ0) is 13.3. The lowest BCUT2D eigenvalue weighted by Gasteiger charge is -2.14. The van der Waals surface area contributed by atoms with Crippen molar-refractivity contribution >= 4 is 17.4 Å². The van der Waals surface area contributed by atoms with Crippen molar-refractivity contribution in [1.82, 2.24) is 10.2 Å². The van der Waals surface area contributed by atoms with Crippen LogP contribution < -0.4 is 15.2 Å². The molecule has 0 aliphatic rings. The number of methoxy groups -OCH3 is 2. The van der Waals surface area contributed by atoms with E-state index < -0.39 is 0 Å². The third-order valence-electron chi connectivity index (χ3n) is 2.53. The number of phenols is 1. The zero-order valence-electron chi connectivity index (χ0n) is 9.82. The first kappa shape index (κ1) is 12.4. The van der Waals surface area contributed by atoms with Crippen LogP contribution in [-0.2, 0) is 0 Å². The number of phenolic OH excluding ortho intramolecular Hbond substituents is 1. The van der Waals surface area contributed by atoms with E-state index in [9.17, 15) is 5.11 Å². The maximum atomic E-state index is 10.0. The Labute approximate surface area is 108 Å². The Morgan fingerprint density at radius 1 is 1.39 bits per heavy atom. The Morgan fingerprint density at radius 2 is 2.11 bits per heavy atom. The van der Waals surface area contributed by atoms with Crippen molar-refractivity contribution in [2.75, 3.05) is 20.0 Å². The standard InChI is InChI=1S/C11H12ClN3O3/c1-17-7-3-6(16)8(9(12)10(7)18-2)5-4-14-15-11(5)13/h3-4,16H,1-2H3,(H3,13,14,15). The molecule has 0 aliphatic heterocycles. The number of anilines is 1. The maximum Gasteiger partial charge on any atom is 0.180 e. The molecule has 4 N–H and O–H groups in total. The summed E-state index contributed by atoms with van der Waals surface area (Å²) < 4.78 is 10.2. The van der Waals surface area contributed by atoms with Crippen LogP contribution in [0.5, 0.6) is 17.2 Å². The predicted octanol–water partition coefficient (Wildman–Crippen LogP) is 2.04. The molecule has 2 aromatic rings. The molecule has 0 unspecified atom stereocenters. The van der Waals surface area contributed by atoms with E-state index in [1.165, 1.54) is 26.5 Å². The van der Waals surface area contributed by atoms with Crippen LogP contribution in [0.15, 0.2) is 12.3 Å². The first-order valence-corrected chi connectivity index (χ1v) is 5.40. The molecule has 2 rings (SSSR count). The van der Waals surface area contributed by atoms with Gasteiger partial charge in [0.05, 0.1) is 31.0 Å². The number of H-pyrrole nitrogens is 1. The number of aromatic hydroxyl groups is 1. The van der Waals surface area contributed by atoms with Crippen molar-refractivity contribution in [2.45, 2.75) is 0 Å². The average Bonchev–Trinajstić information content (AvgIpc) is 2.75. The fourth-order valence-corrected chi connectivity index (χ4v) is 2.06. The van der Waals surface area contributed by atoms with Crippen LogP contribution in [0.3, 0.4) is 0 Å². The molecule has 0 amide bonds. The van der Waals surface area contributed by atoms with E-state index in [0.717, 1.165) is 0 Å². The highest BCUT2D eigenvalue weighted by atomic mass is 35.5. The molecule has 0 atom stereocenters. The molecule has 0 radical (unpaired) electrons. The summed E-state index contributed by atoms with van der Waals surface area (Å²) in [5.74, 6) is 0.906. The second kappa shape index (κ2) is 4.66. The van der Waals surface area contributed by atoms with Crippen molar-refractivity contribution in [2.24, 2.45) is 0 Å². The molecule has 0 fully saturated rings. The summed E-state index contributed by atoms with van der Waals surface area (Å²) in [5, 5.41) is 16.6. The summed E-state index contributed by atoms with van der Waals surface area (Å²) in [5.41, 5.74) is 6.56. The molecular formula is C11H12ClN3O3. The molecule has 0 saturated heterocycles. The molecule has 7 heteroatoms. The van der Waals surface area contributed by atoms with Crippen molar-refractivity contribution in [3.8, 4) is 28.4 Å². The third-order valence-corrected chi connectivity index (χ3v) is 2.89. The molecule has 18 heavy (non-hydrogen) atoms. The van der Waals surface area contributed by atoms with Crippen LogP contribution >= 0.6 is 11.6 Å². The number of hydrogen-bond acceptors (Lipinski definition) is 5. The SMILES string of the molecule is COc1cc(O)c(-c2cn[nH]c2N)c(Cl)c1OC. The number of rotatable bonds is 3. The number of nitrogens with one attached hydrogen (secondary N) is 1. The van der Waals surface area contributed by atoms with Gasteiger partial charge in [0.15, 0.2) is 11.5 Å². The highest BCUT2D eigenvalue weighted by Crippen LogP contribution is 2.48. The Hall–Kier alpha value is -2.08. The van der Waals surface area contributed by atoms with Gasteiger partial charge in [-0.05, 0) is 0 Å². The number of nitrogens with two attached hydrogens (primary N) is 1. The molecule has 1 aromatic carbocycles. The average molecular weight is 270 g/mol. The van der Waals surface area contributed by atoms with Crippen molar-refractivity contribution < 1.29 is 14.6 Å². The molecule has 1 aromatic heterocycles. The lowest BCUT2D eigenvalue weighted by molar-refractivity contribution is 0.352. The first-order chi connectivity index (χ1) is 8.60. The molecule has 1 heterocycles. The number of nitrogen functional groups attached to an aromatic ring is 1. The maximum absolute atomic E-state index is 10.0. The van der Waals surface area contributed by atoms with Gasteiger partial charge in [0.1, 0.15) is 11.6 Å². The molecule has 96 valence electrons. The van der Waals surface area contributed by atoms with Gasteiger partial charge in [-0.25, -0.2) is 0 Å². The van der Waals surface area contributed by atoms with E-state index in [4.69, 9.17) is 26.8 Å². The Bertz CT molecular complexity index is 583. The molecular weight excluding hydrogens is 258 g/mol. The van der Waals surface area contributed by atoms with Crippen LogP contribution in [0.25, 0.3) is 11.1 Å². The summed E-state index contributed by atoms with van der Waals surface area (Å²) in [6.45, 7) is 0. The largest absolute Gasteiger partial charge is 0.507 e. The van der Waals surface area contributed by atoms with Crippen LogP contribution in [-0.4, -0.2) is 29.5 Å². The van der Waals surface area contributed by atoms with Gasteiger partial charge in [-0.15, -0.1) is 0 Å². The predicted molar refractivity (Wildman–Crippen MR) is 68.2 cm³/mol. The number of benzene rings is 1. The van der Waals surface area contributed by atoms with E-state index in [-0.39, 0.29) is 10.8 Å².